The molecule has 0 spiro atoms. The summed E-state index contributed by atoms with van der Waals surface area (Å²) in [5.41, 5.74) is 2.66. The number of para-hydroxylation sites is 1. The zero-order valence-corrected chi connectivity index (χ0v) is 18.2. The fraction of sp³-hybridized carbons (Fsp3) is 0.174. The van der Waals surface area contributed by atoms with Crippen LogP contribution in [0.4, 0.5) is 10.1 Å². The predicted octanol–water partition coefficient (Wildman–Crippen LogP) is 4.18. The van der Waals surface area contributed by atoms with Gasteiger partial charge >= 0.3 is 0 Å². The molecule has 0 saturated carbocycles. The van der Waals surface area contributed by atoms with Crippen molar-refractivity contribution in [3.63, 3.8) is 0 Å². The van der Waals surface area contributed by atoms with Crippen LogP contribution < -0.4 is 14.8 Å². The molecule has 0 unspecified atom stereocenters. The van der Waals surface area contributed by atoms with Crippen molar-refractivity contribution in [1.82, 2.24) is 4.72 Å². The van der Waals surface area contributed by atoms with Crippen molar-refractivity contribution in [3.8, 4) is 5.75 Å². The van der Waals surface area contributed by atoms with Crippen molar-refractivity contribution in [3.05, 3.63) is 88.7 Å². The summed E-state index contributed by atoms with van der Waals surface area (Å²) in [7, 11) is -2.50. The Hall–Kier alpha value is -3.23. The third-order valence-corrected chi connectivity index (χ3v) is 6.02. The Morgan fingerprint density at radius 3 is 2.35 bits per heavy atom. The number of nitrogens with one attached hydrogen (secondary N) is 2. The Bertz CT molecular complexity index is 1210. The van der Waals surface area contributed by atoms with Gasteiger partial charge < -0.3 is 10.1 Å². The van der Waals surface area contributed by atoms with Crippen LogP contribution in [0.2, 0.25) is 0 Å². The normalized spacial score (nSPS) is 11.2. The van der Waals surface area contributed by atoms with E-state index in [1.54, 1.807) is 36.4 Å². The Kier molecular flexibility index (Phi) is 6.72. The van der Waals surface area contributed by atoms with Gasteiger partial charge in [-0.15, -0.1) is 0 Å². The third-order valence-electron chi connectivity index (χ3n) is 4.62. The first-order chi connectivity index (χ1) is 14.7. The van der Waals surface area contributed by atoms with E-state index in [9.17, 15) is 17.6 Å². The fourth-order valence-electron chi connectivity index (χ4n) is 3.20. The number of methoxy groups -OCH3 is 1. The maximum atomic E-state index is 14.3. The van der Waals surface area contributed by atoms with Gasteiger partial charge in [-0.2, -0.15) is 0 Å². The van der Waals surface area contributed by atoms with Gasteiger partial charge in [0.15, 0.2) is 0 Å². The lowest BCUT2D eigenvalue weighted by molar-refractivity contribution is 0.102. The average molecular weight is 443 g/mol. The molecule has 3 aromatic rings. The molecule has 0 aliphatic carbocycles. The van der Waals surface area contributed by atoms with Gasteiger partial charge in [-0.3, -0.25) is 4.79 Å². The lowest BCUT2D eigenvalue weighted by Crippen LogP contribution is -2.24. The topological polar surface area (TPSA) is 84.5 Å². The Morgan fingerprint density at radius 1 is 1.00 bits per heavy atom. The van der Waals surface area contributed by atoms with Crippen LogP contribution in [-0.2, 0) is 16.6 Å². The van der Waals surface area contributed by atoms with Crippen LogP contribution in [0.15, 0.2) is 65.6 Å². The molecule has 3 aromatic carbocycles. The van der Waals surface area contributed by atoms with Gasteiger partial charge in [-0.25, -0.2) is 17.5 Å². The predicted molar refractivity (Wildman–Crippen MR) is 117 cm³/mol. The lowest BCUT2D eigenvalue weighted by atomic mass is 10.1. The Labute approximate surface area is 181 Å². The molecular formula is C23H23FN2O4S. The minimum Gasteiger partial charge on any atom is -0.496 e. The number of rotatable bonds is 7. The summed E-state index contributed by atoms with van der Waals surface area (Å²) in [5, 5.41) is 2.62. The number of anilines is 1. The van der Waals surface area contributed by atoms with Crippen LogP contribution in [0.5, 0.6) is 5.75 Å². The van der Waals surface area contributed by atoms with Crippen LogP contribution in [0.3, 0.4) is 0 Å². The molecule has 0 aliphatic rings. The van der Waals surface area contributed by atoms with Crippen LogP contribution in [0, 0.1) is 19.7 Å². The van der Waals surface area contributed by atoms with Gasteiger partial charge in [0.1, 0.15) is 11.6 Å². The maximum Gasteiger partial charge on any atom is 0.258 e. The van der Waals surface area contributed by atoms with E-state index in [1.807, 2.05) is 19.9 Å². The highest BCUT2D eigenvalue weighted by molar-refractivity contribution is 7.89. The van der Waals surface area contributed by atoms with Crippen molar-refractivity contribution in [2.24, 2.45) is 0 Å². The van der Waals surface area contributed by atoms with Crippen LogP contribution in [-0.4, -0.2) is 21.4 Å². The maximum absolute atomic E-state index is 14.3. The van der Waals surface area contributed by atoms with Gasteiger partial charge in [-0.1, -0.05) is 24.3 Å². The monoisotopic (exact) mass is 442 g/mol. The summed E-state index contributed by atoms with van der Waals surface area (Å²) in [6.45, 7) is 3.74. The molecule has 0 aliphatic heterocycles. The van der Waals surface area contributed by atoms with Gasteiger partial charge in [0.25, 0.3) is 5.91 Å². The summed E-state index contributed by atoms with van der Waals surface area (Å²) in [5.74, 6) is -1.01. The second-order valence-electron chi connectivity index (χ2n) is 7.11. The molecule has 1 amide bonds. The van der Waals surface area contributed by atoms with Gasteiger partial charge in [-0.05, 0) is 61.4 Å². The number of amides is 1. The highest BCUT2D eigenvalue weighted by Gasteiger charge is 2.20. The number of sulfonamides is 1. The summed E-state index contributed by atoms with van der Waals surface area (Å²) in [6.07, 6.45) is 0. The average Bonchev–Trinajstić information content (AvgIpc) is 2.71. The van der Waals surface area contributed by atoms with Gasteiger partial charge in [0.05, 0.1) is 17.6 Å². The first kappa shape index (κ1) is 22.5. The SMILES string of the molecule is COc1ccccc1CNS(=O)(=O)c1ccc(F)c(C(=O)Nc2cc(C)cc(C)c2)c1. The molecule has 0 radical (unpaired) electrons. The number of halogens is 1. The van der Waals surface area contributed by atoms with E-state index in [0.29, 0.717) is 17.0 Å². The minimum absolute atomic E-state index is 0.0200. The van der Waals surface area contributed by atoms with E-state index in [4.69, 9.17) is 4.74 Å². The molecule has 8 heteroatoms. The number of hydrogen-bond acceptors (Lipinski definition) is 4. The van der Waals surface area contributed by atoms with Crippen molar-refractivity contribution in [1.29, 1.82) is 0 Å². The molecule has 0 aromatic heterocycles. The largest absolute Gasteiger partial charge is 0.496 e. The van der Waals surface area contributed by atoms with E-state index in [0.717, 1.165) is 29.3 Å². The molecule has 162 valence electrons. The number of carbonyl (C=O) groups is 1. The van der Waals surface area contributed by atoms with Crippen molar-refractivity contribution < 1.29 is 22.3 Å². The van der Waals surface area contributed by atoms with Crippen LogP contribution >= 0.6 is 0 Å². The smallest absolute Gasteiger partial charge is 0.258 e. The number of ether oxygens (including phenoxy) is 1. The highest BCUT2D eigenvalue weighted by Crippen LogP contribution is 2.21. The summed E-state index contributed by atoms with van der Waals surface area (Å²) in [4.78, 5) is 12.4. The standard InChI is InChI=1S/C23H23FN2O4S/c1-15-10-16(2)12-18(11-15)26-23(27)20-13-19(8-9-21(20)24)31(28,29)25-14-17-6-4-5-7-22(17)30-3/h4-13,25H,14H2,1-3H3,(H,26,27). The second-order valence-corrected chi connectivity index (χ2v) is 8.88. The van der Waals surface area contributed by atoms with E-state index in [2.05, 4.69) is 10.0 Å². The highest BCUT2D eigenvalue weighted by atomic mass is 32.2. The zero-order chi connectivity index (χ0) is 22.6. The van der Waals surface area contributed by atoms with Gasteiger partial charge in [0.2, 0.25) is 10.0 Å². The molecule has 3 rings (SSSR count). The first-order valence-corrected chi connectivity index (χ1v) is 11.0. The number of aryl methyl sites for hydroxylation is 2. The van der Waals surface area contributed by atoms with E-state index in [-0.39, 0.29) is 17.0 Å². The lowest BCUT2D eigenvalue weighted by Gasteiger charge is -2.12. The number of hydrogen-bond donors (Lipinski definition) is 2. The van der Waals surface area contributed by atoms with Crippen LogP contribution in [0.25, 0.3) is 0 Å². The van der Waals surface area contributed by atoms with Crippen molar-refractivity contribution in [2.45, 2.75) is 25.3 Å². The molecule has 0 saturated heterocycles. The fourth-order valence-corrected chi connectivity index (χ4v) is 4.23. The quantitative estimate of drug-likeness (QED) is 0.575. The van der Waals surface area contributed by atoms with Crippen molar-refractivity contribution in [2.75, 3.05) is 12.4 Å². The Balaban J connectivity index is 1.82. The number of benzene rings is 3. The molecule has 31 heavy (non-hydrogen) atoms. The molecule has 2 N–H and O–H groups in total. The Morgan fingerprint density at radius 2 is 1.68 bits per heavy atom. The van der Waals surface area contributed by atoms with Crippen molar-refractivity contribution >= 4 is 21.6 Å². The molecular weight excluding hydrogens is 419 g/mol. The number of carbonyl (C=O) groups excluding carboxylic acids is 1. The minimum atomic E-state index is -3.99. The molecule has 0 atom stereocenters. The zero-order valence-electron chi connectivity index (χ0n) is 17.4. The van der Waals surface area contributed by atoms with E-state index in [1.165, 1.54) is 7.11 Å². The third kappa shape index (κ3) is 5.48. The van der Waals surface area contributed by atoms with E-state index >= 15 is 0 Å². The summed E-state index contributed by atoms with van der Waals surface area (Å²) in [6, 6.07) is 15.5. The second kappa shape index (κ2) is 9.28. The summed E-state index contributed by atoms with van der Waals surface area (Å²) >= 11 is 0. The molecule has 0 heterocycles. The van der Waals surface area contributed by atoms with E-state index < -0.39 is 21.7 Å². The molecule has 6 nitrogen and oxygen atoms in total. The van der Waals surface area contributed by atoms with Crippen LogP contribution in [0.1, 0.15) is 27.0 Å². The molecule has 0 bridgehead atoms. The van der Waals surface area contributed by atoms with Gasteiger partial charge in [0, 0.05) is 17.8 Å². The molecule has 0 fully saturated rings. The first-order valence-electron chi connectivity index (χ1n) is 9.50. The summed E-state index contributed by atoms with van der Waals surface area (Å²) < 4.78 is 47.5.